The van der Waals surface area contributed by atoms with Gasteiger partial charge in [-0.25, -0.2) is 0 Å². The number of ketones is 3. The van der Waals surface area contributed by atoms with E-state index in [-0.39, 0.29) is 111 Å². The number of aromatic nitrogens is 6. The minimum atomic E-state index is -1.88. The molecule has 0 saturated carbocycles. The number of benzene rings is 6. The van der Waals surface area contributed by atoms with Crippen molar-refractivity contribution in [1.29, 1.82) is 0 Å². The summed E-state index contributed by atoms with van der Waals surface area (Å²) in [5.41, 5.74) is 11.9. The molecule has 0 aliphatic heterocycles. The second kappa shape index (κ2) is 42.0. The summed E-state index contributed by atoms with van der Waals surface area (Å²) in [6.45, 7) is 47.0. The fourth-order valence-electron chi connectivity index (χ4n) is 10.6. The standard InChI is InChI=1S/C20H24GeN3.C19H18GeN3.C19H21GeN2O.3C11H20O2.3Ir/c1-14-11-15(7-10-18(14)21(2,3)4)20-17-9-8-16(24(5)6)12-19(17)22-13-23-20;1-13-10-14(6-9-17(13)20(2,3)4)19-16-8-7-15(21-5)11-18(16)22-12-23-19;1-13-10-14(6-9-17(13)20(2,3)4)19-16-8-7-15(23-5)11-18(16)21-12-22-19;3*1-10(2,3)8(12)7-9(13)11(4,5)6;;;/h8-13H,1-6H3;7-12H,1-4H3;7-12H,1-5H3;3*7,12H,1-6H3;;;/q3*-1;;;;;;. The Kier molecular flexibility index (Phi) is 38.8. The fraction of sp³-hybridized carbons (Fsp3) is 0.429. The van der Waals surface area contributed by atoms with Gasteiger partial charge in [0.15, 0.2) is 17.3 Å². The quantitative estimate of drug-likeness (QED) is 0.0477. The Morgan fingerprint density at radius 1 is 0.420 bits per heavy atom. The minimum absolute atomic E-state index is 0. The zero-order valence-electron chi connectivity index (χ0n) is 72.7. The zero-order chi connectivity index (χ0) is 83.3. The normalized spacial score (nSPS) is 12.3. The number of fused-ring (bicyclic) bond motifs is 3. The molecular weight excluding hydrogens is 2110 g/mol. The molecule has 3 aromatic heterocycles. The third-order valence-corrected chi connectivity index (χ3v) is 31.3. The molecule has 0 atom stereocenters. The van der Waals surface area contributed by atoms with Crippen molar-refractivity contribution in [1.82, 2.24) is 29.9 Å². The Labute approximate surface area is 719 Å². The van der Waals surface area contributed by atoms with E-state index >= 15 is 0 Å². The van der Waals surface area contributed by atoms with Crippen molar-refractivity contribution >= 4 is 114 Å². The van der Waals surface area contributed by atoms with Crippen LogP contribution in [0.25, 0.3) is 71.3 Å². The molecule has 3 heterocycles. The molecule has 0 fully saturated rings. The first kappa shape index (κ1) is 104. The summed E-state index contributed by atoms with van der Waals surface area (Å²) in [4.78, 5) is 66.6. The van der Waals surface area contributed by atoms with Crippen LogP contribution in [0.5, 0.6) is 5.75 Å². The van der Waals surface area contributed by atoms with Crippen LogP contribution in [0, 0.1) is 78.0 Å². The Morgan fingerprint density at radius 3 is 0.946 bits per heavy atom. The number of carbonyl (C=O) groups excluding carboxylic acids is 3. The van der Waals surface area contributed by atoms with Gasteiger partial charge in [-0.1, -0.05) is 125 Å². The molecule has 0 bridgehead atoms. The number of hydrogen-bond acceptors (Lipinski definition) is 14. The minimum Gasteiger partial charge on any atom is 0 e. The maximum Gasteiger partial charge on any atom is 0 e. The van der Waals surface area contributed by atoms with Crippen LogP contribution in [0.1, 0.15) is 141 Å². The van der Waals surface area contributed by atoms with Gasteiger partial charge < -0.3 is 15.3 Å². The second-order valence-corrected chi connectivity index (χ2v) is 68.9. The first-order valence-electron chi connectivity index (χ1n) is 37.0. The van der Waals surface area contributed by atoms with Gasteiger partial charge in [-0.2, -0.15) is 0 Å². The number of nitrogens with zero attached hydrogens (tertiary/aromatic N) is 8. The van der Waals surface area contributed by atoms with E-state index in [0.717, 1.165) is 77.9 Å². The summed E-state index contributed by atoms with van der Waals surface area (Å²) in [6, 6.07) is 41.2. The van der Waals surface area contributed by atoms with Crippen LogP contribution < -0.4 is 22.8 Å². The van der Waals surface area contributed by atoms with Crippen molar-refractivity contribution in [3.63, 3.8) is 0 Å². The van der Waals surface area contributed by atoms with Crippen LogP contribution in [0.15, 0.2) is 145 Å². The second-order valence-electron chi connectivity index (χ2n) is 37.2. The van der Waals surface area contributed by atoms with Crippen molar-refractivity contribution in [3.05, 3.63) is 192 Å². The van der Waals surface area contributed by atoms with Crippen LogP contribution in [-0.2, 0) is 74.7 Å². The van der Waals surface area contributed by atoms with Crippen molar-refractivity contribution in [2.45, 2.75) is 197 Å². The Bertz CT molecular complexity index is 4750. The molecule has 3 N–H and O–H groups in total. The molecule has 3 radical (unpaired) electrons. The SMILES string of the molecule is CC(C)(C)C(=O)C=C(O)C(C)(C)C.CC(C)(C)C(=O)C=C(O)C(C)(C)C.CC(C)(C)C(=O)C=C(O)C(C)(C)C.COc1ccc2c(-c3[c-]c[c]([Ge]([CH3])([CH3])[CH3])c(C)c3)ncnc2c1.Cc1cc(-c2ncnc3cc(N(C)C)ccc23)[c-]c[c]1[Ge]([CH3])([CH3])[CH3].[C-]#[N+]c1ccc2c(-c3[c-]c[c]([Ge]([CH3])([CH3])[CH3])c(C)c3)ncnc2c1.[Ir].[Ir].[Ir]. The smallest absolute Gasteiger partial charge is 0 e. The third-order valence-electron chi connectivity index (χ3n) is 17.7. The van der Waals surface area contributed by atoms with E-state index < -0.39 is 56.0 Å². The van der Waals surface area contributed by atoms with E-state index in [9.17, 15) is 29.7 Å². The number of allylic oxidation sites excluding steroid dienone is 6. The Morgan fingerprint density at radius 2 is 0.696 bits per heavy atom. The van der Waals surface area contributed by atoms with Gasteiger partial charge in [-0.15, -0.1) is 0 Å². The van der Waals surface area contributed by atoms with E-state index in [1.54, 1.807) is 32.2 Å². The van der Waals surface area contributed by atoms with Crippen LogP contribution in [0.3, 0.4) is 0 Å². The van der Waals surface area contributed by atoms with Gasteiger partial charge in [0.1, 0.15) is 17.3 Å². The summed E-state index contributed by atoms with van der Waals surface area (Å²) in [6.07, 6.45) is 8.82. The summed E-state index contributed by atoms with van der Waals surface area (Å²) in [5, 5.41) is 31.7. The van der Waals surface area contributed by atoms with Crippen LogP contribution in [0.4, 0.5) is 11.4 Å². The molecule has 15 nitrogen and oxygen atoms in total. The predicted molar refractivity (Wildman–Crippen MR) is 466 cm³/mol. The van der Waals surface area contributed by atoms with Gasteiger partial charge in [0.2, 0.25) is 0 Å². The molecule has 0 aliphatic rings. The maximum absolute atomic E-state index is 11.5. The molecule has 0 spiro atoms. The number of aliphatic hydroxyl groups excluding tert-OH is 3. The Hall–Kier alpha value is -6.36. The van der Waals surface area contributed by atoms with E-state index in [4.69, 9.17) is 11.3 Å². The molecular formula is C91H123Ge3Ir3N8O7-3. The number of anilines is 1. The number of rotatable bonds is 11. The fourth-order valence-corrected chi connectivity index (χ4v) is 21.6. The van der Waals surface area contributed by atoms with Gasteiger partial charge in [0, 0.05) is 111 Å². The van der Waals surface area contributed by atoms with Crippen LogP contribution in [-0.4, -0.2) is 124 Å². The predicted octanol–water partition coefficient (Wildman–Crippen LogP) is 21.7. The number of aliphatic hydroxyl groups is 3. The summed E-state index contributed by atoms with van der Waals surface area (Å²) in [7, 11) is 5.74. The van der Waals surface area contributed by atoms with E-state index in [2.05, 4.69) is 185 Å². The van der Waals surface area contributed by atoms with E-state index in [1.807, 2.05) is 169 Å². The number of hydrogen-bond donors (Lipinski definition) is 3. The molecule has 6 aromatic carbocycles. The van der Waals surface area contributed by atoms with Crippen LogP contribution >= 0.6 is 0 Å². The van der Waals surface area contributed by atoms with Gasteiger partial charge in [-0.3, -0.25) is 14.4 Å². The van der Waals surface area contributed by atoms with Crippen molar-refractivity contribution in [2.75, 3.05) is 26.1 Å². The largest absolute Gasteiger partial charge is 0 e. The monoisotopic (exact) mass is 2240 g/mol. The first-order valence-corrected chi connectivity index (χ1v) is 59.0. The number of methoxy groups -OCH3 is 1. The summed E-state index contributed by atoms with van der Waals surface area (Å²) in [5.74, 6) is 22.7. The average Bonchev–Trinajstić information content (AvgIpc) is 0.792. The van der Waals surface area contributed by atoms with Crippen LogP contribution in [0.2, 0.25) is 51.8 Å². The average molecular weight is 2240 g/mol. The molecule has 0 saturated heterocycles. The van der Waals surface area contributed by atoms with E-state index in [0.29, 0.717) is 5.69 Å². The van der Waals surface area contributed by atoms with Crippen molar-refractivity contribution in [2.24, 2.45) is 32.5 Å². The Balaban J connectivity index is 0.000000684. The molecule has 9 aromatic rings. The summed E-state index contributed by atoms with van der Waals surface area (Å²) >= 11 is -5.59. The zero-order valence-corrected chi connectivity index (χ0v) is 86.2. The van der Waals surface area contributed by atoms with E-state index in [1.165, 1.54) is 48.1 Å². The van der Waals surface area contributed by atoms with Gasteiger partial charge in [0.25, 0.3) is 0 Å². The molecule has 9 rings (SSSR count). The summed E-state index contributed by atoms with van der Waals surface area (Å²) < 4.78 is 9.75. The molecule has 0 aliphatic carbocycles. The molecule has 21 heteroatoms. The molecule has 0 amide bonds. The molecule has 112 heavy (non-hydrogen) atoms. The number of ether oxygens (including phenoxy) is 1. The van der Waals surface area contributed by atoms with Crippen molar-refractivity contribution in [3.8, 4) is 39.5 Å². The number of carbonyl (C=O) groups is 3. The topological polar surface area (TPSA) is 206 Å². The molecule has 0 unspecified atom stereocenters. The van der Waals surface area contributed by atoms with Gasteiger partial charge >= 0.3 is 426 Å². The van der Waals surface area contributed by atoms with Crippen molar-refractivity contribution < 1.29 is 94.8 Å². The maximum atomic E-state index is 11.5. The van der Waals surface area contributed by atoms with Gasteiger partial charge in [0.05, 0.1) is 0 Å². The first-order chi connectivity index (χ1) is 49.7. The number of aryl methyl sites for hydroxylation is 3. The third kappa shape index (κ3) is 31.0. The molecule has 611 valence electrons. The van der Waals surface area contributed by atoms with Gasteiger partial charge in [-0.05, 0) is 0 Å².